The molecule has 6 heteroatoms. The predicted molar refractivity (Wildman–Crippen MR) is 19.9 cm³/mol. The first-order valence-corrected chi connectivity index (χ1v) is 1.88. The molecule has 0 aliphatic rings. The highest BCUT2D eigenvalue weighted by atomic mass is 19.3. The fourth-order valence-electron chi connectivity index (χ4n) is 0.177. The van der Waals surface area contributed by atoms with Gasteiger partial charge in [0.2, 0.25) is 6.41 Å². The van der Waals surface area contributed by atoms with Crippen molar-refractivity contribution in [2.24, 2.45) is 0 Å². The average molecular weight is 145 g/mol. The van der Waals surface area contributed by atoms with Crippen LogP contribution >= 0.6 is 0 Å². The minimum Gasteiger partial charge on any atom is -0.278 e. The Balaban J connectivity index is 3.82. The number of hydrogen-bond acceptors (Lipinski definition) is 1. The molecule has 0 aromatic rings. The number of nitrogens with zero attached hydrogens (tertiary/aromatic N) is 1. The summed E-state index contributed by atoms with van der Waals surface area (Å²) in [7, 11) is 0. The van der Waals surface area contributed by atoms with Crippen molar-refractivity contribution in [2.45, 2.75) is 13.1 Å². The molecular formula is C3H3F4NO. The number of rotatable bonds is 3. The Morgan fingerprint density at radius 2 is 1.44 bits per heavy atom. The molecule has 0 saturated carbocycles. The second-order valence-electron chi connectivity index (χ2n) is 1.11. The highest BCUT2D eigenvalue weighted by Crippen LogP contribution is 2.07. The van der Waals surface area contributed by atoms with E-state index in [1.165, 1.54) is 0 Å². The topological polar surface area (TPSA) is 20.3 Å². The van der Waals surface area contributed by atoms with Crippen molar-refractivity contribution < 1.29 is 22.4 Å². The van der Waals surface area contributed by atoms with E-state index in [4.69, 9.17) is 0 Å². The Morgan fingerprint density at radius 3 is 1.44 bits per heavy atom. The van der Waals surface area contributed by atoms with Gasteiger partial charge in [-0.25, -0.2) is 4.90 Å². The van der Waals surface area contributed by atoms with Crippen LogP contribution in [0.25, 0.3) is 0 Å². The van der Waals surface area contributed by atoms with Gasteiger partial charge in [-0.05, 0) is 0 Å². The number of halogens is 4. The van der Waals surface area contributed by atoms with Crippen LogP contribution in [0.15, 0.2) is 0 Å². The van der Waals surface area contributed by atoms with E-state index < -0.39 is 24.4 Å². The molecule has 1 amide bonds. The minimum atomic E-state index is -3.43. The Hall–Kier alpha value is -0.810. The Morgan fingerprint density at radius 1 is 1.11 bits per heavy atom. The smallest absolute Gasteiger partial charge is 0.278 e. The van der Waals surface area contributed by atoms with Crippen LogP contribution in [0, 0.1) is 0 Å². The lowest BCUT2D eigenvalue weighted by Crippen LogP contribution is -2.32. The van der Waals surface area contributed by atoms with E-state index in [0.717, 1.165) is 0 Å². The van der Waals surface area contributed by atoms with Crippen molar-refractivity contribution >= 4 is 6.41 Å². The molecule has 0 unspecified atom stereocenters. The summed E-state index contributed by atoms with van der Waals surface area (Å²) in [5, 5.41) is 0. The van der Waals surface area contributed by atoms with Crippen LogP contribution in [0.1, 0.15) is 0 Å². The Labute approximate surface area is 48.1 Å². The molecular weight excluding hydrogens is 142 g/mol. The van der Waals surface area contributed by atoms with Gasteiger partial charge in [0.15, 0.2) is 0 Å². The lowest BCUT2D eigenvalue weighted by Gasteiger charge is -2.12. The van der Waals surface area contributed by atoms with E-state index in [2.05, 4.69) is 0 Å². The van der Waals surface area contributed by atoms with E-state index in [0.29, 0.717) is 0 Å². The number of carbonyl (C=O) groups excluding carboxylic acids is 1. The summed E-state index contributed by atoms with van der Waals surface area (Å²) in [4.78, 5) is 8.46. The molecule has 0 saturated heterocycles. The third-order valence-electron chi connectivity index (χ3n) is 0.572. The molecule has 0 bridgehead atoms. The van der Waals surface area contributed by atoms with Crippen LogP contribution < -0.4 is 0 Å². The number of amides is 1. The molecule has 0 rings (SSSR count). The number of carbonyl (C=O) groups is 1. The zero-order valence-electron chi connectivity index (χ0n) is 4.10. The zero-order chi connectivity index (χ0) is 7.44. The quantitative estimate of drug-likeness (QED) is 0.328. The molecule has 0 aliphatic heterocycles. The van der Waals surface area contributed by atoms with Crippen LogP contribution in [0.2, 0.25) is 0 Å². The van der Waals surface area contributed by atoms with E-state index in [1.54, 1.807) is 0 Å². The summed E-state index contributed by atoms with van der Waals surface area (Å²) in [5.74, 6) is 0. The van der Waals surface area contributed by atoms with Gasteiger partial charge in [0, 0.05) is 0 Å². The molecule has 0 fully saturated rings. The lowest BCUT2D eigenvalue weighted by atomic mass is 10.9. The normalized spacial score (nSPS) is 10.4. The maximum atomic E-state index is 11.2. The predicted octanol–water partition coefficient (Wildman–Crippen LogP) is 0.890. The summed E-state index contributed by atoms with van der Waals surface area (Å²) in [6.07, 6.45) is -0.602. The summed E-state index contributed by atoms with van der Waals surface area (Å²) in [6, 6.07) is 0. The Bertz CT molecular complexity index is 87.8. The minimum absolute atomic E-state index is 0.602. The Kier molecular flexibility index (Phi) is 2.97. The number of alkyl halides is 4. The van der Waals surface area contributed by atoms with Gasteiger partial charge in [0.1, 0.15) is 0 Å². The van der Waals surface area contributed by atoms with Crippen molar-refractivity contribution in [1.29, 1.82) is 0 Å². The van der Waals surface area contributed by atoms with Gasteiger partial charge in [-0.1, -0.05) is 0 Å². The molecule has 0 aliphatic carbocycles. The van der Waals surface area contributed by atoms with Crippen molar-refractivity contribution in [2.75, 3.05) is 0 Å². The maximum Gasteiger partial charge on any atom is 0.321 e. The lowest BCUT2D eigenvalue weighted by molar-refractivity contribution is -0.160. The van der Waals surface area contributed by atoms with E-state index >= 15 is 0 Å². The van der Waals surface area contributed by atoms with Gasteiger partial charge in [-0.2, -0.15) is 17.6 Å². The molecule has 0 heterocycles. The molecule has 0 radical (unpaired) electrons. The first-order chi connectivity index (χ1) is 4.09. The third kappa shape index (κ3) is 2.29. The van der Waals surface area contributed by atoms with E-state index in [9.17, 15) is 22.4 Å². The van der Waals surface area contributed by atoms with Crippen LogP contribution in [0.4, 0.5) is 17.6 Å². The first kappa shape index (κ1) is 8.19. The summed E-state index contributed by atoms with van der Waals surface area (Å²) in [5.41, 5.74) is 0. The molecule has 9 heavy (non-hydrogen) atoms. The molecule has 0 atom stereocenters. The fraction of sp³-hybridized carbons (Fsp3) is 0.667. The SMILES string of the molecule is O=CN(C(F)F)C(F)F. The largest absolute Gasteiger partial charge is 0.321 e. The van der Waals surface area contributed by atoms with Crippen molar-refractivity contribution in [3.63, 3.8) is 0 Å². The molecule has 0 N–H and O–H groups in total. The molecule has 2 nitrogen and oxygen atoms in total. The van der Waals surface area contributed by atoms with Crippen molar-refractivity contribution in [3.05, 3.63) is 0 Å². The van der Waals surface area contributed by atoms with Gasteiger partial charge in [-0.3, -0.25) is 4.79 Å². The second-order valence-corrected chi connectivity index (χ2v) is 1.11. The highest BCUT2D eigenvalue weighted by molar-refractivity contribution is 5.46. The zero-order valence-corrected chi connectivity index (χ0v) is 4.10. The fourth-order valence-corrected chi connectivity index (χ4v) is 0.177. The van der Waals surface area contributed by atoms with Crippen LogP contribution in [-0.4, -0.2) is 24.4 Å². The van der Waals surface area contributed by atoms with E-state index in [1.807, 2.05) is 0 Å². The standard InChI is InChI=1S/C3H3F4NO/c4-2(5)8(1-9)3(6)7/h1-3H. The van der Waals surface area contributed by atoms with E-state index in [-0.39, 0.29) is 0 Å². The van der Waals surface area contributed by atoms with Gasteiger partial charge in [-0.15, -0.1) is 0 Å². The monoisotopic (exact) mass is 145 g/mol. The highest BCUT2D eigenvalue weighted by Gasteiger charge is 2.22. The van der Waals surface area contributed by atoms with Gasteiger partial charge < -0.3 is 0 Å². The first-order valence-electron chi connectivity index (χ1n) is 1.88. The average Bonchev–Trinajstić information content (AvgIpc) is 1.64. The van der Waals surface area contributed by atoms with Crippen molar-refractivity contribution in [3.8, 4) is 0 Å². The third-order valence-corrected chi connectivity index (χ3v) is 0.572. The molecule has 0 aromatic carbocycles. The van der Waals surface area contributed by atoms with Gasteiger partial charge >= 0.3 is 13.1 Å². The maximum absolute atomic E-state index is 11.2. The summed E-state index contributed by atoms with van der Waals surface area (Å²) < 4.78 is 44.7. The second kappa shape index (κ2) is 3.26. The molecule has 0 aromatic heterocycles. The van der Waals surface area contributed by atoms with Crippen molar-refractivity contribution in [1.82, 2.24) is 4.90 Å². The van der Waals surface area contributed by atoms with Crippen LogP contribution in [0.3, 0.4) is 0 Å². The number of hydrogen-bond donors (Lipinski definition) is 0. The van der Waals surface area contributed by atoms with Gasteiger partial charge in [0.05, 0.1) is 0 Å². The summed E-state index contributed by atoms with van der Waals surface area (Å²) in [6.45, 7) is -6.86. The van der Waals surface area contributed by atoms with Crippen LogP contribution in [-0.2, 0) is 4.79 Å². The van der Waals surface area contributed by atoms with Gasteiger partial charge in [0.25, 0.3) is 0 Å². The molecule has 54 valence electrons. The van der Waals surface area contributed by atoms with Crippen LogP contribution in [0.5, 0.6) is 0 Å². The summed E-state index contributed by atoms with van der Waals surface area (Å²) >= 11 is 0. The molecule has 0 spiro atoms.